The maximum Gasteiger partial charge on any atom is 0.258 e. The molecule has 0 aliphatic carbocycles. The first kappa shape index (κ1) is 14.5. The molecule has 0 atom stereocenters. The molecule has 0 saturated heterocycles. The summed E-state index contributed by atoms with van der Waals surface area (Å²) < 4.78 is 0.686. The average Bonchev–Trinajstić information content (AvgIpc) is 2.47. The molecule has 3 aromatic rings. The van der Waals surface area contributed by atoms with Crippen molar-refractivity contribution in [2.45, 2.75) is 13.8 Å². The number of para-hydroxylation sites is 1. The average molecular weight is 309 g/mol. The van der Waals surface area contributed by atoms with Crippen LogP contribution < -0.4 is 4.74 Å². The van der Waals surface area contributed by atoms with Crippen LogP contribution >= 0.6 is 11.3 Å². The van der Waals surface area contributed by atoms with E-state index in [-0.39, 0.29) is 16.2 Å². The van der Waals surface area contributed by atoms with Crippen LogP contribution in [0.25, 0.3) is 22.1 Å². The Hall–Kier alpha value is -2.46. The fourth-order valence-corrected chi connectivity index (χ4v) is 3.14. The van der Waals surface area contributed by atoms with Crippen molar-refractivity contribution >= 4 is 33.4 Å². The number of aryl methyl sites for hydroxylation is 2. The SMILES string of the molecule is Cc1ccc(/C(O)=C/c2nc3ccccc3sc2=O)c(C)c1. The molecule has 4 heteroatoms. The molecule has 1 aromatic heterocycles. The van der Waals surface area contributed by atoms with Crippen molar-refractivity contribution in [1.82, 2.24) is 4.98 Å². The minimum atomic E-state index is -0.157. The third-order valence-electron chi connectivity index (χ3n) is 3.45. The first-order valence-corrected chi connectivity index (χ1v) is 7.74. The summed E-state index contributed by atoms with van der Waals surface area (Å²) >= 11 is 1.14. The van der Waals surface area contributed by atoms with Gasteiger partial charge in [-0.2, -0.15) is 0 Å². The Kier molecular flexibility index (Phi) is 3.77. The molecule has 0 aliphatic rings. The molecular weight excluding hydrogens is 294 g/mol. The van der Waals surface area contributed by atoms with Gasteiger partial charge in [0.1, 0.15) is 11.5 Å². The van der Waals surface area contributed by atoms with Crippen LogP contribution in [0.15, 0.2) is 47.3 Å². The van der Waals surface area contributed by atoms with Gasteiger partial charge in [0.25, 0.3) is 4.74 Å². The van der Waals surface area contributed by atoms with Gasteiger partial charge in [-0.1, -0.05) is 47.2 Å². The number of hydrogen-bond acceptors (Lipinski definition) is 4. The van der Waals surface area contributed by atoms with Crippen molar-refractivity contribution in [3.8, 4) is 0 Å². The first-order chi connectivity index (χ1) is 10.5. The summed E-state index contributed by atoms with van der Waals surface area (Å²) in [5.41, 5.74) is 3.83. The Morgan fingerprint density at radius 2 is 1.95 bits per heavy atom. The zero-order valence-electron chi connectivity index (χ0n) is 12.3. The van der Waals surface area contributed by atoms with Gasteiger partial charge in [0, 0.05) is 11.6 Å². The maximum absolute atomic E-state index is 12.1. The molecule has 0 amide bonds. The molecule has 0 radical (unpaired) electrons. The normalized spacial score (nSPS) is 11.8. The molecule has 1 heterocycles. The summed E-state index contributed by atoms with van der Waals surface area (Å²) in [6.45, 7) is 3.93. The highest BCUT2D eigenvalue weighted by Crippen LogP contribution is 2.20. The van der Waals surface area contributed by atoms with E-state index in [0.717, 1.165) is 32.7 Å². The highest BCUT2D eigenvalue weighted by atomic mass is 32.1. The Balaban J connectivity index is 2.11. The first-order valence-electron chi connectivity index (χ1n) is 6.93. The van der Waals surface area contributed by atoms with E-state index < -0.39 is 0 Å². The molecule has 0 fully saturated rings. The fourth-order valence-electron chi connectivity index (χ4n) is 2.36. The lowest BCUT2D eigenvalue weighted by atomic mass is 10.0. The lowest BCUT2D eigenvalue weighted by Crippen LogP contribution is -2.03. The highest BCUT2D eigenvalue weighted by Gasteiger charge is 2.08. The molecule has 0 bridgehead atoms. The molecule has 1 N–H and O–H groups in total. The monoisotopic (exact) mass is 309 g/mol. The second-order valence-electron chi connectivity index (χ2n) is 5.20. The zero-order chi connectivity index (χ0) is 15.7. The van der Waals surface area contributed by atoms with E-state index in [1.54, 1.807) is 0 Å². The van der Waals surface area contributed by atoms with E-state index in [4.69, 9.17) is 0 Å². The largest absolute Gasteiger partial charge is 0.507 e. The van der Waals surface area contributed by atoms with Gasteiger partial charge in [0.15, 0.2) is 0 Å². The number of benzene rings is 2. The van der Waals surface area contributed by atoms with Gasteiger partial charge in [-0.05, 0) is 31.5 Å². The lowest BCUT2D eigenvalue weighted by Gasteiger charge is -2.06. The van der Waals surface area contributed by atoms with Crippen molar-refractivity contribution in [3.05, 3.63) is 74.4 Å². The minimum absolute atomic E-state index is 0.0598. The van der Waals surface area contributed by atoms with Crippen LogP contribution in [0.5, 0.6) is 0 Å². The number of aliphatic hydroxyl groups is 1. The van der Waals surface area contributed by atoms with Crippen LogP contribution in [0.1, 0.15) is 22.4 Å². The van der Waals surface area contributed by atoms with Gasteiger partial charge in [-0.3, -0.25) is 4.79 Å². The third-order valence-corrected chi connectivity index (χ3v) is 4.41. The van der Waals surface area contributed by atoms with Crippen LogP contribution in [-0.4, -0.2) is 10.1 Å². The second-order valence-corrected chi connectivity index (χ2v) is 6.22. The summed E-state index contributed by atoms with van der Waals surface area (Å²) in [5.74, 6) is 0.0598. The van der Waals surface area contributed by atoms with E-state index in [1.807, 2.05) is 56.3 Å². The minimum Gasteiger partial charge on any atom is -0.507 e. The van der Waals surface area contributed by atoms with Crippen LogP contribution in [0, 0.1) is 13.8 Å². The standard InChI is InChI=1S/C18H15NO2S/c1-11-7-8-13(12(2)9-11)16(20)10-15-18(21)22-17-6-4-3-5-14(17)19-15/h3-10,20H,1-2H3/b16-10-. The molecule has 3 rings (SSSR count). The molecule has 2 aromatic carbocycles. The maximum atomic E-state index is 12.1. The number of fused-ring (bicyclic) bond motifs is 1. The third kappa shape index (κ3) is 2.78. The van der Waals surface area contributed by atoms with Gasteiger partial charge >= 0.3 is 0 Å². The number of rotatable bonds is 2. The Labute approximate surface area is 132 Å². The second kappa shape index (κ2) is 5.73. The molecule has 3 nitrogen and oxygen atoms in total. The number of hydrogen-bond donors (Lipinski definition) is 1. The zero-order valence-corrected chi connectivity index (χ0v) is 13.1. The van der Waals surface area contributed by atoms with Gasteiger partial charge in [-0.15, -0.1) is 0 Å². The number of aromatic nitrogens is 1. The summed E-state index contributed by atoms with van der Waals surface area (Å²) in [4.78, 5) is 16.5. The van der Waals surface area contributed by atoms with Gasteiger partial charge in [0.2, 0.25) is 0 Å². The Morgan fingerprint density at radius 3 is 2.73 bits per heavy atom. The summed E-state index contributed by atoms with van der Waals surface area (Å²) in [6.07, 6.45) is 1.45. The van der Waals surface area contributed by atoms with Crippen molar-refractivity contribution in [3.63, 3.8) is 0 Å². The van der Waals surface area contributed by atoms with Crippen molar-refractivity contribution in [2.75, 3.05) is 0 Å². The summed E-state index contributed by atoms with van der Waals surface area (Å²) in [7, 11) is 0. The van der Waals surface area contributed by atoms with Crippen LogP contribution in [0.2, 0.25) is 0 Å². The predicted molar refractivity (Wildman–Crippen MR) is 92.3 cm³/mol. The topological polar surface area (TPSA) is 50.2 Å². The molecule has 0 spiro atoms. The van der Waals surface area contributed by atoms with E-state index in [0.29, 0.717) is 5.56 Å². The molecule has 22 heavy (non-hydrogen) atoms. The number of aliphatic hydroxyl groups excluding tert-OH is 1. The highest BCUT2D eigenvalue weighted by molar-refractivity contribution is 7.16. The Morgan fingerprint density at radius 1 is 1.18 bits per heavy atom. The number of nitrogens with zero attached hydrogens (tertiary/aromatic N) is 1. The quantitative estimate of drug-likeness (QED) is 0.717. The predicted octanol–water partition coefficient (Wildman–Crippen LogP) is 4.33. The van der Waals surface area contributed by atoms with E-state index in [2.05, 4.69) is 4.98 Å². The van der Waals surface area contributed by atoms with Crippen LogP contribution in [0.4, 0.5) is 0 Å². The van der Waals surface area contributed by atoms with E-state index in [1.165, 1.54) is 6.08 Å². The molecular formula is C18H15NO2S. The molecule has 110 valence electrons. The summed E-state index contributed by atoms with van der Waals surface area (Å²) in [5, 5.41) is 10.3. The van der Waals surface area contributed by atoms with Crippen molar-refractivity contribution in [2.24, 2.45) is 0 Å². The fraction of sp³-hybridized carbons (Fsp3) is 0.111. The van der Waals surface area contributed by atoms with Crippen LogP contribution in [-0.2, 0) is 0 Å². The lowest BCUT2D eigenvalue weighted by molar-refractivity contribution is 0.514. The summed E-state index contributed by atoms with van der Waals surface area (Å²) in [6, 6.07) is 13.3. The molecule has 0 saturated carbocycles. The van der Waals surface area contributed by atoms with Gasteiger partial charge < -0.3 is 5.11 Å². The Bertz CT molecular complexity index is 941. The molecule has 0 aliphatic heterocycles. The van der Waals surface area contributed by atoms with Gasteiger partial charge in [0.05, 0.1) is 10.2 Å². The van der Waals surface area contributed by atoms with Gasteiger partial charge in [-0.25, -0.2) is 4.98 Å². The molecule has 0 unspecified atom stereocenters. The smallest absolute Gasteiger partial charge is 0.258 e. The van der Waals surface area contributed by atoms with E-state index >= 15 is 0 Å². The van der Waals surface area contributed by atoms with E-state index in [9.17, 15) is 9.90 Å². The van der Waals surface area contributed by atoms with Crippen LogP contribution in [0.3, 0.4) is 0 Å². The van der Waals surface area contributed by atoms with Crippen molar-refractivity contribution < 1.29 is 5.11 Å². The van der Waals surface area contributed by atoms with Crippen molar-refractivity contribution in [1.29, 1.82) is 0 Å².